The fraction of sp³-hybridized carbons (Fsp3) is 0.423. The summed E-state index contributed by atoms with van der Waals surface area (Å²) in [5, 5.41) is 6.40. The third-order valence-electron chi connectivity index (χ3n) is 4.42. The summed E-state index contributed by atoms with van der Waals surface area (Å²) in [5.41, 5.74) is 4.03. The van der Waals surface area contributed by atoms with Crippen LogP contribution in [0.2, 0.25) is 0 Å². The summed E-state index contributed by atoms with van der Waals surface area (Å²) >= 11 is 1.42. The van der Waals surface area contributed by atoms with Gasteiger partial charge in [0.1, 0.15) is 0 Å². The number of carbonyl (C=O) groups excluding carboxylic acids is 1. The second-order valence-corrected chi connectivity index (χ2v) is 7.87. The summed E-state index contributed by atoms with van der Waals surface area (Å²) in [6.45, 7) is 14.2. The number of hydrogen-bond donors (Lipinski definition) is 2. The van der Waals surface area contributed by atoms with E-state index in [4.69, 9.17) is 0 Å². The molecule has 1 unspecified atom stereocenters. The Morgan fingerprint density at radius 3 is 2.41 bits per heavy atom. The van der Waals surface area contributed by atoms with Crippen LogP contribution in [0, 0.1) is 0 Å². The van der Waals surface area contributed by atoms with Crippen LogP contribution in [0.5, 0.6) is 0 Å². The number of benzene rings is 1. The molecule has 1 rings (SSSR count). The van der Waals surface area contributed by atoms with Crippen molar-refractivity contribution < 1.29 is 4.79 Å². The van der Waals surface area contributed by atoms with Crippen molar-refractivity contribution in [3.8, 4) is 0 Å². The lowest BCUT2D eigenvalue weighted by molar-refractivity contribution is -0.104. The number of rotatable bonds is 13. The first-order valence-corrected chi connectivity index (χ1v) is 12.4. The van der Waals surface area contributed by atoms with Gasteiger partial charge < -0.3 is 10.6 Å². The Morgan fingerprint density at radius 2 is 1.91 bits per heavy atom. The Morgan fingerprint density at radius 1 is 1.22 bits per heavy atom. The van der Waals surface area contributed by atoms with Crippen LogP contribution in [0.1, 0.15) is 59.4 Å². The molecule has 0 saturated heterocycles. The third kappa shape index (κ3) is 13.7. The lowest BCUT2D eigenvalue weighted by atomic mass is 10.1. The van der Waals surface area contributed by atoms with E-state index < -0.39 is 0 Å². The monoisotopic (exact) mass is 456 g/mol. The van der Waals surface area contributed by atoms with E-state index in [1.165, 1.54) is 30.2 Å². The van der Waals surface area contributed by atoms with Crippen molar-refractivity contribution in [2.75, 3.05) is 11.6 Å². The molecule has 0 fully saturated rings. The largest absolute Gasteiger partial charge is 0.383 e. The molecule has 0 aliphatic rings. The van der Waals surface area contributed by atoms with E-state index >= 15 is 0 Å². The fourth-order valence-corrected chi connectivity index (χ4v) is 3.20. The zero-order valence-corrected chi connectivity index (χ0v) is 21.3. The van der Waals surface area contributed by atoms with Crippen molar-refractivity contribution in [1.82, 2.24) is 5.32 Å². The van der Waals surface area contributed by atoms with Crippen molar-refractivity contribution in [3.63, 3.8) is 0 Å². The standard InChI is InChI=1S/C15H20N2OS.C11H20N2/c1-4-12-6-8-13(9-7-12)16-11-17-14(5-2)15(10-18)19-3;1-5-7-10(3)13-11(4)8-9-12-6-2/h6-11H,4-5H2,1-3H3,(H,16,17);6,8-10,13H,4-5,7H2,1-3H3/b15-14+;9-8-,12-6?. The number of carbonyl (C=O) groups is 1. The van der Waals surface area contributed by atoms with Crippen molar-refractivity contribution >= 4 is 36.3 Å². The molecule has 0 spiro atoms. The summed E-state index contributed by atoms with van der Waals surface area (Å²) in [7, 11) is 0. The molecule has 1 atom stereocenters. The minimum Gasteiger partial charge on any atom is -0.383 e. The van der Waals surface area contributed by atoms with Gasteiger partial charge in [-0.25, -0.2) is 4.99 Å². The molecule has 0 heterocycles. The summed E-state index contributed by atoms with van der Waals surface area (Å²) in [6.07, 6.45) is 13.9. The number of hydrogen-bond acceptors (Lipinski definition) is 5. The Kier molecular flexibility index (Phi) is 17.6. The molecule has 5 nitrogen and oxygen atoms in total. The molecule has 0 aliphatic heterocycles. The van der Waals surface area contributed by atoms with E-state index in [1.54, 1.807) is 18.8 Å². The summed E-state index contributed by atoms with van der Waals surface area (Å²) < 4.78 is 0. The van der Waals surface area contributed by atoms with Crippen molar-refractivity contribution in [2.45, 2.75) is 66.3 Å². The molecule has 0 bridgehead atoms. The first-order chi connectivity index (χ1) is 15.4. The molecular weight excluding hydrogens is 416 g/mol. The molecule has 32 heavy (non-hydrogen) atoms. The molecule has 176 valence electrons. The lowest BCUT2D eigenvalue weighted by Crippen LogP contribution is -2.23. The molecule has 1 aromatic rings. The zero-order valence-electron chi connectivity index (χ0n) is 20.5. The maximum Gasteiger partial charge on any atom is 0.158 e. The maximum atomic E-state index is 10.9. The fourth-order valence-electron chi connectivity index (χ4n) is 2.67. The number of allylic oxidation sites excluding steroid dienone is 3. The normalized spacial score (nSPS) is 12.9. The number of anilines is 1. The van der Waals surface area contributed by atoms with E-state index in [9.17, 15) is 4.79 Å². The molecule has 0 saturated carbocycles. The van der Waals surface area contributed by atoms with Crippen LogP contribution in [0.4, 0.5) is 5.69 Å². The van der Waals surface area contributed by atoms with Crippen LogP contribution in [-0.2, 0) is 11.2 Å². The number of nitrogens with one attached hydrogen (secondary N) is 2. The number of nitrogens with zero attached hydrogens (tertiary/aromatic N) is 2. The number of aldehydes is 1. The minimum absolute atomic E-state index is 0.493. The lowest BCUT2D eigenvalue weighted by Gasteiger charge is -2.13. The van der Waals surface area contributed by atoms with Gasteiger partial charge in [0.25, 0.3) is 0 Å². The Labute approximate surface area is 199 Å². The van der Waals surface area contributed by atoms with Crippen LogP contribution >= 0.6 is 11.8 Å². The number of aryl methyl sites for hydroxylation is 1. The summed E-state index contributed by atoms with van der Waals surface area (Å²) in [4.78, 5) is 19.8. The van der Waals surface area contributed by atoms with Gasteiger partial charge in [-0.3, -0.25) is 9.79 Å². The molecule has 0 radical (unpaired) electrons. The molecule has 2 N–H and O–H groups in total. The molecule has 0 aromatic heterocycles. The maximum absolute atomic E-state index is 10.9. The van der Waals surface area contributed by atoms with Crippen LogP contribution in [0.25, 0.3) is 0 Å². The van der Waals surface area contributed by atoms with Gasteiger partial charge in [0.15, 0.2) is 6.29 Å². The second-order valence-electron chi connectivity index (χ2n) is 7.02. The van der Waals surface area contributed by atoms with Crippen LogP contribution in [-0.4, -0.2) is 31.1 Å². The summed E-state index contributed by atoms with van der Waals surface area (Å²) in [6, 6.07) is 8.72. The van der Waals surface area contributed by atoms with Gasteiger partial charge in [-0.05, 0) is 63.1 Å². The molecule has 1 aromatic carbocycles. The van der Waals surface area contributed by atoms with Gasteiger partial charge in [0, 0.05) is 29.8 Å². The molecular formula is C26H40N4OS. The van der Waals surface area contributed by atoms with Crippen LogP contribution in [0.3, 0.4) is 0 Å². The van der Waals surface area contributed by atoms with Crippen molar-refractivity contribution in [1.29, 1.82) is 0 Å². The van der Waals surface area contributed by atoms with Gasteiger partial charge in [0.2, 0.25) is 0 Å². The highest BCUT2D eigenvalue weighted by molar-refractivity contribution is 8.03. The predicted molar refractivity (Wildman–Crippen MR) is 145 cm³/mol. The van der Waals surface area contributed by atoms with Crippen LogP contribution in [0.15, 0.2) is 69.4 Å². The van der Waals surface area contributed by atoms with E-state index in [1.807, 2.05) is 38.3 Å². The van der Waals surface area contributed by atoms with E-state index in [-0.39, 0.29) is 0 Å². The van der Waals surface area contributed by atoms with Crippen molar-refractivity contribution in [3.05, 3.63) is 65.0 Å². The first-order valence-electron chi connectivity index (χ1n) is 11.2. The molecule has 0 aliphatic carbocycles. The molecule has 6 heteroatoms. The van der Waals surface area contributed by atoms with E-state index in [0.29, 0.717) is 10.9 Å². The van der Waals surface area contributed by atoms with Gasteiger partial charge in [-0.2, -0.15) is 0 Å². The highest BCUT2D eigenvalue weighted by atomic mass is 32.2. The first kappa shape index (κ1) is 29.4. The predicted octanol–water partition coefficient (Wildman–Crippen LogP) is 6.76. The smallest absolute Gasteiger partial charge is 0.158 e. The van der Waals surface area contributed by atoms with Crippen molar-refractivity contribution in [2.24, 2.45) is 9.98 Å². The highest BCUT2D eigenvalue weighted by Gasteiger charge is 2.01. The Bertz CT molecular complexity index is 780. The molecule has 0 amide bonds. The number of thioether (sulfide) groups is 1. The van der Waals surface area contributed by atoms with Gasteiger partial charge >= 0.3 is 0 Å². The van der Waals surface area contributed by atoms with E-state index in [0.717, 1.165) is 36.2 Å². The Balaban J connectivity index is 0.000000649. The zero-order chi connectivity index (χ0) is 24.2. The quantitative estimate of drug-likeness (QED) is 0.113. The minimum atomic E-state index is 0.493. The average Bonchev–Trinajstić information content (AvgIpc) is 2.80. The average molecular weight is 457 g/mol. The Hall–Kier alpha value is -2.60. The SMILES string of the molecule is C=C(/C=C\N=CC)NC(C)CCC.CC/C(N=CNc1ccc(CC)cc1)=C(/C=O)SC. The van der Waals surface area contributed by atoms with Gasteiger partial charge in [0.05, 0.1) is 16.9 Å². The topological polar surface area (TPSA) is 65.8 Å². The number of aliphatic imine (C=N–C) groups is 2. The van der Waals surface area contributed by atoms with Gasteiger partial charge in [-0.1, -0.05) is 45.9 Å². The van der Waals surface area contributed by atoms with E-state index in [2.05, 4.69) is 60.1 Å². The summed E-state index contributed by atoms with van der Waals surface area (Å²) in [5.74, 6) is 0. The second kappa shape index (κ2) is 19.1. The highest BCUT2D eigenvalue weighted by Crippen LogP contribution is 2.18. The van der Waals surface area contributed by atoms with Crippen LogP contribution < -0.4 is 10.6 Å². The van der Waals surface area contributed by atoms with Gasteiger partial charge in [-0.15, -0.1) is 11.8 Å². The third-order valence-corrected chi connectivity index (χ3v) is 5.20.